The highest BCUT2D eigenvalue weighted by atomic mass is 32.1. The third-order valence-electron chi connectivity index (χ3n) is 2.17. The normalized spacial score (nSPS) is 10.7. The molecule has 14 heavy (non-hydrogen) atoms. The SMILES string of the molecule is Cc1[nH]nc(CCN)c1-c1cccs1. The molecule has 74 valence electrons. The van der Waals surface area contributed by atoms with Crippen LogP contribution >= 0.6 is 11.3 Å². The molecule has 2 aromatic rings. The summed E-state index contributed by atoms with van der Waals surface area (Å²) in [5, 5.41) is 9.35. The van der Waals surface area contributed by atoms with Gasteiger partial charge in [-0.25, -0.2) is 0 Å². The predicted molar refractivity (Wildman–Crippen MR) is 59.4 cm³/mol. The van der Waals surface area contributed by atoms with Crippen LogP contribution in [0.1, 0.15) is 11.4 Å². The highest BCUT2D eigenvalue weighted by Crippen LogP contribution is 2.29. The Morgan fingerprint density at radius 2 is 2.43 bits per heavy atom. The van der Waals surface area contributed by atoms with Gasteiger partial charge in [-0.2, -0.15) is 5.10 Å². The Morgan fingerprint density at radius 3 is 3.07 bits per heavy atom. The average Bonchev–Trinajstić information content (AvgIpc) is 2.76. The molecule has 0 aliphatic rings. The second kappa shape index (κ2) is 3.94. The molecule has 0 bridgehead atoms. The van der Waals surface area contributed by atoms with Crippen LogP contribution in [0, 0.1) is 6.92 Å². The number of aromatic amines is 1. The van der Waals surface area contributed by atoms with E-state index in [1.54, 1.807) is 11.3 Å². The molecule has 3 nitrogen and oxygen atoms in total. The summed E-state index contributed by atoms with van der Waals surface area (Å²) in [6.45, 7) is 2.69. The van der Waals surface area contributed by atoms with Crippen molar-refractivity contribution >= 4 is 11.3 Å². The van der Waals surface area contributed by atoms with E-state index in [0.29, 0.717) is 6.54 Å². The van der Waals surface area contributed by atoms with Crippen LogP contribution in [0.25, 0.3) is 10.4 Å². The number of nitrogens with two attached hydrogens (primary N) is 1. The highest BCUT2D eigenvalue weighted by Gasteiger charge is 2.11. The smallest absolute Gasteiger partial charge is 0.0724 e. The summed E-state index contributed by atoms with van der Waals surface area (Å²) in [7, 11) is 0. The first-order valence-corrected chi connectivity index (χ1v) is 5.48. The maximum absolute atomic E-state index is 5.54. The first kappa shape index (κ1) is 9.43. The van der Waals surface area contributed by atoms with Crippen LogP contribution in [0.3, 0.4) is 0 Å². The van der Waals surface area contributed by atoms with E-state index in [1.807, 2.05) is 6.92 Å². The Bertz CT molecular complexity index is 403. The Balaban J connectivity index is 2.45. The van der Waals surface area contributed by atoms with Gasteiger partial charge in [-0.05, 0) is 24.9 Å². The van der Waals surface area contributed by atoms with Crippen molar-refractivity contribution in [1.82, 2.24) is 10.2 Å². The van der Waals surface area contributed by atoms with E-state index >= 15 is 0 Å². The molecular weight excluding hydrogens is 194 g/mol. The summed E-state index contributed by atoms with van der Waals surface area (Å²) in [5.74, 6) is 0. The summed E-state index contributed by atoms with van der Waals surface area (Å²) in [6.07, 6.45) is 0.831. The van der Waals surface area contributed by atoms with Crippen LogP contribution in [-0.2, 0) is 6.42 Å². The molecule has 2 rings (SSSR count). The molecule has 3 N–H and O–H groups in total. The van der Waals surface area contributed by atoms with Gasteiger partial charge in [0.25, 0.3) is 0 Å². The van der Waals surface area contributed by atoms with Gasteiger partial charge in [0.1, 0.15) is 0 Å². The molecule has 0 fully saturated rings. The minimum Gasteiger partial charge on any atom is -0.330 e. The van der Waals surface area contributed by atoms with Crippen LogP contribution in [0.2, 0.25) is 0 Å². The quantitative estimate of drug-likeness (QED) is 0.808. The van der Waals surface area contributed by atoms with Crippen LogP contribution < -0.4 is 5.73 Å². The molecule has 0 radical (unpaired) electrons. The molecule has 0 aliphatic carbocycles. The standard InChI is InChI=1S/C10H13N3S/c1-7-10(9-3-2-6-14-9)8(4-5-11)13-12-7/h2-3,6H,4-5,11H2,1H3,(H,12,13). The minimum atomic E-state index is 0.642. The van der Waals surface area contributed by atoms with E-state index in [2.05, 4.69) is 27.7 Å². The van der Waals surface area contributed by atoms with Gasteiger partial charge in [-0.15, -0.1) is 11.3 Å². The number of hydrogen-bond acceptors (Lipinski definition) is 3. The minimum absolute atomic E-state index is 0.642. The number of thiophene rings is 1. The molecule has 2 heterocycles. The zero-order valence-corrected chi connectivity index (χ0v) is 8.90. The fourth-order valence-corrected chi connectivity index (χ4v) is 2.39. The summed E-state index contributed by atoms with van der Waals surface area (Å²) < 4.78 is 0. The fraction of sp³-hybridized carbons (Fsp3) is 0.300. The van der Waals surface area contributed by atoms with E-state index in [9.17, 15) is 0 Å². The number of hydrogen-bond donors (Lipinski definition) is 2. The maximum Gasteiger partial charge on any atom is 0.0724 e. The Hall–Kier alpha value is -1.13. The fourth-order valence-electron chi connectivity index (χ4n) is 1.55. The van der Waals surface area contributed by atoms with Gasteiger partial charge in [-0.3, -0.25) is 5.10 Å². The summed E-state index contributed by atoms with van der Waals surface area (Å²) in [4.78, 5) is 1.26. The largest absolute Gasteiger partial charge is 0.330 e. The Morgan fingerprint density at radius 1 is 1.57 bits per heavy atom. The molecule has 0 saturated heterocycles. The van der Waals surface area contributed by atoms with E-state index in [1.165, 1.54) is 10.4 Å². The number of rotatable bonds is 3. The number of nitrogens with zero attached hydrogens (tertiary/aromatic N) is 1. The number of aromatic nitrogens is 2. The molecule has 0 atom stereocenters. The number of H-pyrrole nitrogens is 1. The van der Waals surface area contributed by atoms with Crippen molar-refractivity contribution in [3.8, 4) is 10.4 Å². The van der Waals surface area contributed by atoms with Crippen molar-refractivity contribution in [3.05, 3.63) is 28.9 Å². The van der Waals surface area contributed by atoms with Gasteiger partial charge in [0, 0.05) is 22.6 Å². The summed E-state index contributed by atoms with van der Waals surface area (Å²) in [6, 6.07) is 4.17. The molecular formula is C10H13N3S. The number of aryl methyl sites for hydroxylation is 1. The maximum atomic E-state index is 5.54. The Labute approximate surface area is 87.0 Å². The Kier molecular flexibility index (Phi) is 2.65. The lowest BCUT2D eigenvalue weighted by atomic mass is 10.1. The lowest BCUT2D eigenvalue weighted by Gasteiger charge is -1.98. The second-order valence-corrected chi connectivity index (χ2v) is 4.13. The highest BCUT2D eigenvalue weighted by molar-refractivity contribution is 7.13. The van der Waals surface area contributed by atoms with Crippen LogP contribution in [0.4, 0.5) is 0 Å². The summed E-state index contributed by atoms with van der Waals surface area (Å²) >= 11 is 1.73. The molecule has 0 aliphatic heterocycles. The average molecular weight is 207 g/mol. The van der Waals surface area contributed by atoms with Gasteiger partial charge < -0.3 is 5.73 Å². The first-order chi connectivity index (χ1) is 6.83. The van der Waals surface area contributed by atoms with Gasteiger partial charge in [0.05, 0.1) is 5.69 Å². The van der Waals surface area contributed by atoms with Crippen molar-refractivity contribution in [1.29, 1.82) is 0 Å². The molecule has 2 aromatic heterocycles. The van der Waals surface area contributed by atoms with Crippen molar-refractivity contribution in [2.24, 2.45) is 5.73 Å². The van der Waals surface area contributed by atoms with Crippen molar-refractivity contribution in [2.45, 2.75) is 13.3 Å². The predicted octanol–water partition coefficient (Wildman–Crippen LogP) is 1.95. The molecule has 0 spiro atoms. The third kappa shape index (κ3) is 1.58. The molecule has 0 unspecified atom stereocenters. The first-order valence-electron chi connectivity index (χ1n) is 4.60. The summed E-state index contributed by atoms with van der Waals surface area (Å²) in [5.41, 5.74) is 8.97. The van der Waals surface area contributed by atoms with Crippen molar-refractivity contribution in [3.63, 3.8) is 0 Å². The molecule has 4 heteroatoms. The van der Waals surface area contributed by atoms with Crippen molar-refractivity contribution < 1.29 is 0 Å². The molecule has 0 saturated carbocycles. The topological polar surface area (TPSA) is 54.7 Å². The van der Waals surface area contributed by atoms with Crippen molar-refractivity contribution in [2.75, 3.05) is 6.54 Å². The zero-order valence-electron chi connectivity index (χ0n) is 8.08. The van der Waals surface area contributed by atoms with Gasteiger partial charge in [0.15, 0.2) is 0 Å². The monoisotopic (exact) mass is 207 g/mol. The number of nitrogens with one attached hydrogen (secondary N) is 1. The van der Waals surface area contributed by atoms with Crippen LogP contribution in [-0.4, -0.2) is 16.7 Å². The molecule has 0 amide bonds. The van der Waals surface area contributed by atoms with Gasteiger partial charge in [-0.1, -0.05) is 6.07 Å². The van der Waals surface area contributed by atoms with Gasteiger partial charge >= 0.3 is 0 Å². The molecule has 0 aromatic carbocycles. The lowest BCUT2D eigenvalue weighted by molar-refractivity contribution is 0.899. The second-order valence-electron chi connectivity index (χ2n) is 3.19. The van der Waals surface area contributed by atoms with Gasteiger partial charge in [0.2, 0.25) is 0 Å². The van der Waals surface area contributed by atoms with E-state index in [4.69, 9.17) is 5.73 Å². The van der Waals surface area contributed by atoms with Crippen LogP contribution in [0.5, 0.6) is 0 Å². The lowest BCUT2D eigenvalue weighted by Crippen LogP contribution is -2.03. The van der Waals surface area contributed by atoms with Crippen LogP contribution in [0.15, 0.2) is 17.5 Å². The zero-order chi connectivity index (χ0) is 9.97. The van der Waals surface area contributed by atoms with E-state index < -0.39 is 0 Å². The van der Waals surface area contributed by atoms with E-state index in [0.717, 1.165) is 17.8 Å². The van der Waals surface area contributed by atoms with E-state index in [-0.39, 0.29) is 0 Å². The third-order valence-corrected chi connectivity index (χ3v) is 3.06.